The highest BCUT2D eigenvalue weighted by molar-refractivity contribution is 9.10. The minimum atomic E-state index is -0.115. The number of amides is 3. The molecule has 1 aromatic heterocycles. The molecule has 2 aromatic carbocycles. The Hall–Kier alpha value is -3.39. The quantitative estimate of drug-likeness (QED) is 0.349. The first-order chi connectivity index (χ1) is 16.4. The van der Waals surface area contributed by atoms with E-state index in [4.69, 9.17) is 0 Å². The van der Waals surface area contributed by atoms with Crippen LogP contribution in [0.25, 0.3) is 10.9 Å². The van der Waals surface area contributed by atoms with Crippen LogP contribution in [-0.2, 0) is 33.9 Å². The number of carbonyl (C=O) groups is 3. The smallest absolute Gasteiger partial charge is 0.240 e. The fourth-order valence-electron chi connectivity index (χ4n) is 3.76. The SMILES string of the molecule is C=CC.O=CN1CC(NC(=O)Cn2cc(CC(=O)NCc3ccccc3)c3cc(Br)ccc32)C1. The summed E-state index contributed by atoms with van der Waals surface area (Å²) in [4.78, 5) is 37.3. The van der Waals surface area contributed by atoms with Crippen molar-refractivity contribution in [3.63, 3.8) is 0 Å². The molecule has 0 radical (unpaired) electrons. The zero-order chi connectivity index (χ0) is 24.5. The molecule has 178 valence electrons. The van der Waals surface area contributed by atoms with Gasteiger partial charge >= 0.3 is 0 Å². The number of carbonyl (C=O) groups excluding carboxylic acids is 3. The Morgan fingerprint density at radius 3 is 2.53 bits per heavy atom. The van der Waals surface area contributed by atoms with Crippen molar-refractivity contribution < 1.29 is 14.4 Å². The molecule has 1 aliphatic rings. The van der Waals surface area contributed by atoms with Crippen LogP contribution in [0.4, 0.5) is 0 Å². The zero-order valence-corrected chi connectivity index (χ0v) is 20.8. The first-order valence-corrected chi connectivity index (χ1v) is 11.9. The number of rotatable bonds is 8. The fraction of sp³-hybridized carbons (Fsp3) is 0.269. The van der Waals surface area contributed by atoms with Gasteiger partial charge in [-0.1, -0.05) is 52.3 Å². The van der Waals surface area contributed by atoms with Gasteiger partial charge in [0, 0.05) is 41.2 Å². The molecule has 1 fully saturated rings. The van der Waals surface area contributed by atoms with E-state index in [1.807, 2.05) is 66.2 Å². The predicted octanol–water partition coefficient (Wildman–Crippen LogP) is 3.41. The maximum Gasteiger partial charge on any atom is 0.240 e. The molecule has 0 saturated carbocycles. The van der Waals surface area contributed by atoms with Crippen LogP contribution in [0.2, 0.25) is 0 Å². The highest BCUT2D eigenvalue weighted by Gasteiger charge is 2.26. The van der Waals surface area contributed by atoms with Crippen molar-refractivity contribution in [2.75, 3.05) is 13.1 Å². The summed E-state index contributed by atoms with van der Waals surface area (Å²) in [6.45, 7) is 6.97. The summed E-state index contributed by atoms with van der Waals surface area (Å²) >= 11 is 3.49. The van der Waals surface area contributed by atoms with Crippen LogP contribution in [0.5, 0.6) is 0 Å². The molecule has 0 bridgehead atoms. The summed E-state index contributed by atoms with van der Waals surface area (Å²) in [6, 6.07) is 15.6. The first-order valence-electron chi connectivity index (χ1n) is 11.1. The van der Waals surface area contributed by atoms with E-state index in [2.05, 4.69) is 33.1 Å². The van der Waals surface area contributed by atoms with Gasteiger partial charge in [0.05, 0.1) is 12.5 Å². The number of halogens is 1. The van der Waals surface area contributed by atoms with Crippen LogP contribution >= 0.6 is 15.9 Å². The summed E-state index contributed by atoms with van der Waals surface area (Å²) in [5.74, 6) is -0.189. The standard InChI is InChI=1S/C23H23BrN4O3.C3H6/c24-18-6-7-21-20(9-18)17(8-22(30)25-10-16-4-2-1-3-5-16)11-28(21)14-23(31)26-19-12-27(13-19)15-29;1-3-2/h1-7,9,11,15,19H,8,10,12-14H2,(H,25,30)(H,26,31);3H,1H2,2H3. The molecule has 2 heterocycles. The highest BCUT2D eigenvalue weighted by Crippen LogP contribution is 2.26. The average molecular weight is 525 g/mol. The molecular weight excluding hydrogens is 496 g/mol. The van der Waals surface area contributed by atoms with E-state index < -0.39 is 0 Å². The molecule has 0 unspecified atom stereocenters. The first kappa shape index (κ1) is 25.2. The van der Waals surface area contributed by atoms with E-state index in [9.17, 15) is 14.4 Å². The lowest BCUT2D eigenvalue weighted by molar-refractivity contribution is -0.128. The Morgan fingerprint density at radius 2 is 1.85 bits per heavy atom. The van der Waals surface area contributed by atoms with Crippen molar-refractivity contribution in [3.05, 3.63) is 83.0 Å². The van der Waals surface area contributed by atoms with Gasteiger partial charge in [-0.2, -0.15) is 0 Å². The van der Waals surface area contributed by atoms with Gasteiger partial charge in [-0.15, -0.1) is 6.58 Å². The van der Waals surface area contributed by atoms with Crippen LogP contribution < -0.4 is 10.6 Å². The van der Waals surface area contributed by atoms with Crippen molar-refractivity contribution in [2.24, 2.45) is 0 Å². The molecule has 1 aliphatic heterocycles. The predicted molar refractivity (Wildman–Crippen MR) is 137 cm³/mol. The molecule has 1 saturated heterocycles. The van der Waals surface area contributed by atoms with E-state index in [0.29, 0.717) is 19.6 Å². The monoisotopic (exact) mass is 524 g/mol. The Labute approximate surface area is 207 Å². The van der Waals surface area contributed by atoms with Gasteiger partial charge in [0.1, 0.15) is 6.54 Å². The molecule has 2 N–H and O–H groups in total. The van der Waals surface area contributed by atoms with E-state index in [1.165, 1.54) is 0 Å². The molecule has 0 spiro atoms. The largest absolute Gasteiger partial charge is 0.352 e. The fourth-order valence-corrected chi connectivity index (χ4v) is 4.13. The second-order valence-electron chi connectivity index (χ2n) is 8.11. The third-order valence-corrected chi connectivity index (χ3v) is 5.84. The Kier molecular flexibility index (Phi) is 9.04. The molecule has 3 aromatic rings. The van der Waals surface area contributed by atoms with Crippen LogP contribution in [0, 0.1) is 0 Å². The second-order valence-corrected chi connectivity index (χ2v) is 9.03. The number of hydrogen-bond donors (Lipinski definition) is 2. The van der Waals surface area contributed by atoms with Crippen LogP contribution in [0.1, 0.15) is 18.1 Å². The molecule has 4 rings (SSSR count). The summed E-state index contributed by atoms with van der Waals surface area (Å²) in [7, 11) is 0. The van der Waals surface area contributed by atoms with Gasteiger partial charge in [-0.25, -0.2) is 0 Å². The molecule has 8 heteroatoms. The van der Waals surface area contributed by atoms with Crippen LogP contribution in [0.3, 0.4) is 0 Å². The number of nitrogens with one attached hydrogen (secondary N) is 2. The van der Waals surface area contributed by atoms with Gasteiger partial charge in [0.15, 0.2) is 0 Å². The third kappa shape index (κ3) is 6.81. The molecular formula is C26H29BrN4O3. The topological polar surface area (TPSA) is 83.4 Å². The molecule has 7 nitrogen and oxygen atoms in total. The van der Waals surface area contributed by atoms with Gasteiger partial charge in [0.2, 0.25) is 18.2 Å². The van der Waals surface area contributed by atoms with E-state index in [1.54, 1.807) is 11.0 Å². The van der Waals surface area contributed by atoms with E-state index in [-0.39, 0.29) is 30.8 Å². The zero-order valence-electron chi connectivity index (χ0n) is 19.2. The Bertz CT molecular complexity index is 1150. The van der Waals surface area contributed by atoms with Crippen molar-refractivity contribution in [1.29, 1.82) is 0 Å². The lowest BCUT2D eigenvalue weighted by Gasteiger charge is -2.36. The van der Waals surface area contributed by atoms with Gasteiger partial charge < -0.3 is 20.1 Å². The van der Waals surface area contributed by atoms with Gasteiger partial charge in [-0.3, -0.25) is 14.4 Å². The van der Waals surface area contributed by atoms with Crippen LogP contribution in [-0.4, -0.2) is 46.8 Å². The maximum absolute atomic E-state index is 12.6. The number of allylic oxidation sites excluding steroid dienone is 1. The summed E-state index contributed by atoms with van der Waals surface area (Å²) in [6.07, 6.45) is 4.64. The molecule has 0 aliphatic carbocycles. The molecule has 34 heavy (non-hydrogen) atoms. The number of fused-ring (bicyclic) bond motifs is 1. The van der Waals surface area contributed by atoms with Crippen molar-refractivity contribution in [1.82, 2.24) is 20.1 Å². The summed E-state index contributed by atoms with van der Waals surface area (Å²) in [5.41, 5.74) is 2.81. The molecule has 0 atom stereocenters. The lowest BCUT2D eigenvalue weighted by Crippen LogP contribution is -2.58. The highest BCUT2D eigenvalue weighted by atomic mass is 79.9. The van der Waals surface area contributed by atoms with Crippen molar-refractivity contribution >= 4 is 45.1 Å². The van der Waals surface area contributed by atoms with Gasteiger partial charge in [0.25, 0.3) is 0 Å². The van der Waals surface area contributed by atoms with E-state index >= 15 is 0 Å². The second kappa shape index (κ2) is 12.2. The van der Waals surface area contributed by atoms with Crippen LogP contribution in [0.15, 0.2) is 71.9 Å². The lowest BCUT2D eigenvalue weighted by atomic mass is 10.1. The summed E-state index contributed by atoms with van der Waals surface area (Å²) in [5, 5.41) is 6.84. The van der Waals surface area contributed by atoms with E-state index in [0.717, 1.165) is 32.9 Å². The number of nitrogens with zero attached hydrogens (tertiary/aromatic N) is 2. The summed E-state index contributed by atoms with van der Waals surface area (Å²) < 4.78 is 2.78. The Morgan fingerprint density at radius 1 is 1.15 bits per heavy atom. The Balaban J connectivity index is 0.00000103. The number of likely N-dealkylation sites (tertiary alicyclic amines) is 1. The maximum atomic E-state index is 12.6. The minimum Gasteiger partial charge on any atom is -0.352 e. The van der Waals surface area contributed by atoms with Gasteiger partial charge in [-0.05, 0) is 36.2 Å². The average Bonchev–Trinajstić information content (AvgIpc) is 3.11. The molecule has 3 amide bonds. The number of hydrogen-bond acceptors (Lipinski definition) is 3. The van der Waals surface area contributed by atoms with Crippen molar-refractivity contribution in [3.8, 4) is 0 Å². The third-order valence-electron chi connectivity index (χ3n) is 5.35. The number of aromatic nitrogens is 1. The minimum absolute atomic E-state index is 0.00287. The normalized spacial score (nSPS) is 12.8. The van der Waals surface area contributed by atoms with Crippen molar-refractivity contribution in [2.45, 2.75) is 32.5 Å². The number of benzene rings is 2.